The predicted octanol–water partition coefficient (Wildman–Crippen LogP) is 1.09. The molecule has 0 radical (unpaired) electrons. The van der Waals surface area contributed by atoms with Gasteiger partial charge in [-0.2, -0.15) is 0 Å². The second-order valence-corrected chi connectivity index (χ2v) is 4.61. The van der Waals surface area contributed by atoms with E-state index in [4.69, 9.17) is 0 Å². The zero-order chi connectivity index (χ0) is 10.1. The molecule has 0 aromatic rings. The Hall–Kier alpha value is -0.570. The van der Waals surface area contributed by atoms with Crippen molar-refractivity contribution in [3.8, 4) is 0 Å². The van der Waals surface area contributed by atoms with Gasteiger partial charge in [-0.1, -0.05) is 12.8 Å². The van der Waals surface area contributed by atoms with E-state index >= 15 is 0 Å². The lowest BCUT2D eigenvalue weighted by Gasteiger charge is -2.48. The van der Waals surface area contributed by atoms with Crippen LogP contribution in [0.15, 0.2) is 0 Å². The maximum atomic E-state index is 11.5. The van der Waals surface area contributed by atoms with Crippen molar-refractivity contribution in [2.45, 2.75) is 44.7 Å². The van der Waals surface area contributed by atoms with Crippen molar-refractivity contribution in [3.63, 3.8) is 0 Å². The molecule has 0 bridgehead atoms. The van der Waals surface area contributed by atoms with Crippen molar-refractivity contribution < 1.29 is 4.79 Å². The van der Waals surface area contributed by atoms with E-state index in [1.807, 2.05) is 0 Å². The van der Waals surface area contributed by atoms with E-state index < -0.39 is 0 Å². The summed E-state index contributed by atoms with van der Waals surface area (Å²) in [5, 5.41) is 0. The molecule has 2 unspecified atom stereocenters. The van der Waals surface area contributed by atoms with E-state index in [0.29, 0.717) is 12.1 Å². The lowest BCUT2D eigenvalue weighted by molar-refractivity contribution is -0.136. The van der Waals surface area contributed by atoms with Crippen molar-refractivity contribution in [2.24, 2.45) is 0 Å². The largest absolute Gasteiger partial charge is 0.337 e. The van der Waals surface area contributed by atoms with Crippen LogP contribution in [0.25, 0.3) is 0 Å². The molecule has 1 aliphatic carbocycles. The molecule has 1 amide bonds. The summed E-state index contributed by atoms with van der Waals surface area (Å²) < 4.78 is 0. The molecule has 0 aromatic heterocycles. The fourth-order valence-electron chi connectivity index (χ4n) is 2.96. The summed E-state index contributed by atoms with van der Waals surface area (Å²) in [6, 6.07) is 1.13. The van der Waals surface area contributed by atoms with Crippen LogP contribution in [0.4, 0.5) is 0 Å². The van der Waals surface area contributed by atoms with E-state index in [9.17, 15) is 4.79 Å². The fraction of sp³-hybridized carbons (Fsp3) is 0.909. The summed E-state index contributed by atoms with van der Waals surface area (Å²) in [4.78, 5) is 16.0. The molecule has 0 aromatic carbocycles. The number of likely N-dealkylation sites (N-methyl/N-ethyl adjacent to an activating group) is 1. The molecule has 3 heteroatoms. The van der Waals surface area contributed by atoms with Crippen LogP contribution in [-0.4, -0.2) is 47.9 Å². The minimum atomic E-state index is 0.259. The third-order valence-corrected chi connectivity index (χ3v) is 3.76. The molecule has 1 saturated heterocycles. The molecule has 2 rings (SSSR count). The lowest BCUT2D eigenvalue weighted by atomic mass is 9.86. The van der Waals surface area contributed by atoms with Gasteiger partial charge < -0.3 is 4.90 Å². The Morgan fingerprint density at radius 2 is 1.79 bits per heavy atom. The average molecular weight is 196 g/mol. The van der Waals surface area contributed by atoms with Gasteiger partial charge in [0.1, 0.15) is 0 Å². The van der Waals surface area contributed by atoms with Crippen LogP contribution in [0.5, 0.6) is 0 Å². The van der Waals surface area contributed by atoms with Crippen LogP contribution in [0.3, 0.4) is 0 Å². The van der Waals surface area contributed by atoms with Crippen molar-refractivity contribution in [2.75, 3.05) is 20.1 Å². The first kappa shape index (κ1) is 9.97. The van der Waals surface area contributed by atoms with Gasteiger partial charge in [-0.25, -0.2) is 0 Å². The molecule has 2 aliphatic rings. The molecular formula is C11H20N2O. The Balaban J connectivity index is 2.12. The number of amides is 1. The summed E-state index contributed by atoms with van der Waals surface area (Å²) >= 11 is 0. The number of hydrogen-bond donors (Lipinski definition) is 0. The highest BCUT2D eigenvalue weighted by molar-refractivity contribution is 5.73. The monoisotopic (exact) mass is 196 g/mol. The Bertz CT molecular complexity index is 229. The summed E-state index contributed by atoms with van der Waals surface area (Å²) in [6.45, 7) is 3.67. The van der Waals surface area contributed by atoms with Crippen LogP contribution in [0.2, 0.25) is 0 Å². The van der Waals surface area contributed by atoms with E-state index in [-0.39, 0.29) is 5.91 Å². The third kappa shape index (κ3) is 1.65. The molecular weight excluding hydrogens is 176 g/mol. The highest BCUT2D eigenvalue weighted by Gasteiger charge is 2.37. The number of carbonyl (C=O) groups excluding carboxylic acids is 1. The Morgan fingerprint density at radius 3 is 2.43 bits per heavy atom. The normalized spacial score (nSPS) is 34.0. The van der Waals surface area contributed by atoms with Gasteiger partial charge in [-0.15, -0.1) is 0 Å². The minimum Gasteiger partial charge on any atom is -0.337 e. The SMILES string of the molecule is CC(=O)N1CCN(C)C2CCCCC21. The highest BCUT2D eigenvalue weighted by Crippen LogP contribution is 2.29. The second kappa shape index (κ2) is 3.89. The zero-order valence-corrected chi connectivity index (χ0v) is 9.20. The first-order chi connectivity index (χ1) is 6.70. The Morgan fingerprint density at radius 1 is 1.14 bits per heavy atom. The first-order valence-electron chi connectivity index (χ1n) is 5.67. The van der Waals surface area contributed by atoms with Gasteiger partial charge in [-0.05, 0) is 19.9 Å². The molecule has 3 nitrogen and oxygen atoms in total. The van der Waals surface area contributed by atoms with Crippen LogP contribution in [0, 0.1) is 0 Å². The van der Waals surface area contributed by atoms with Gasteiger partial charge >= 0.3 is 0 Å². The number of fused-ring (bicyclic) bond motifs is 1. The van der Waals surface area contributed by atoms with Crippen LogP contribution in [0.1, 0.15) is 32.6 Å². The van der Waals surface area contributed by atoms with Gasteiger partial charge in [0.05, 0.1) is 0 Å². The van der Waals surface area contributed by atoms with Gasteiger partial charge in [0.2, 0.25) is 5.91 Å². The maximum Gasteiger partial charge on any atom is 0.219 e. The van der Waals surface area contributed by atoms with Gasteiger partial charge in [0.15, 0.2) is 0 Å². The Kier molecular flexibility index (Phi) is 2.77. The van der Waals surface area contributed by atoms with Crippen molar-refractivity contribution in [1.82, 2.24) is 9.80 Å². The number of hydrogen-bond acceptors (Lipinski definition) is 2. The van der Waals surface area contributed by atoms with Crippen molar-refractivity contribution >= 4 is 5.91 Å². The lowest BCUT2D eigenvalue weighted by Crippen LogP contribution is -2.60. The van der Waals surface area contributed by atoms with Crippen molar-refractivity contribution in [1.29, 1.82) is 0 Å². The van der Waals surface area contributed by atoms with Gasteiger partial charge in [0.25, 0.3) is 0 Å². The molecule has 0 spiro atoms. The predicted molar refractivity (Wildman–Crippen MR) is 56.1 cm³/mol. The van der Waals surface area contributed by atoms with Crippen LogP contribution < -0.4 is 0 Å². The summed E-state index contributed by atoms with van der Waals surface area (Å²) in [6.07, 6.45) is 5.09. The standard InChI is InChI=1S/C11H20N2O/c1-9(14)13-8-7-12(2)10-5-3-4-6-11(10)13/h10-11H,3-8H2,1-2H3. The highest BCUT2D eigenvalue weighted by atomic mass is 16.2. The summed E-state index contributed by atoms with van der Waals surface area (Å²) in [7, 11) is 2.19. The number of carbonyl (C=O) groups is 1. The topological polar surface area (TPSA) is 23.6 Å². The quantitative estimate of drug-likeness (QED) is 0.579. The molecule has 14 heavy (non-hydrogen) atoms. The number of nitrogens with zero attached hydrogens (tertiary/aromatic N) is 2. The smallest absolute Gasteiger partial charge is 0.219 e. The zero-order valence-electron chi connectivity index (χ0n) is 9.20. The minimum absolute atomic E-state index is 0.259. The third-order valence-electron chi connectivity index (χ3n) is 3.76. The van der Waals surface area contributed by atoms with E-state index in [1.165, 1.54) is 25.7 Å². The molecule has 2 atom stereocenters. The summed E-state index contributed by atoms with van der Waals surface area (Å²) in [5.41, 5.74) is 0. The second-order valence-electron chi connectivity index (χ2n) is 4.61. The molecule has 1 heterocycles. The first-order valence-corrected chi connectivity index (χ1v) is 5.67. The molecule has 1 aliphatic heterocycles. The average Bonchev–Trinajstić information content (AvgIpc) is 2.18. The fourth-order valence-corrected chi connectivity index (χ4v) is 2.96. The van der Waals surface area contributed by atoms with Gasteiger partial charge in [0, 0.05) is 32.1 Å². The van der Waals surface area contributed by atoms with E-state index in [1.54, 1.807) is 6.92 Å². The molecule has 2 fully saturated rings. The molecule has 80 valence electrons. The molecule has 1 saturated carbocycles. The van der Waals surface area contributed by atoms with E-state index in [2.05, 4.69) is 16.8 Å². The van der Waals surface area contributed by atoms with Crippen LogP contribution >= 0.6 is 0 Å². The van der Waals surface area contributed by atoms with Gasteiger partial charge in [-0.3, -0.25) is 9.69 Å². The number of rotatable bonds is 0. The van der Waals surface area contributed by atoms with Crippen molar-refractivity contribution in [3.05, 3.63) is 0 Å². The molecule has 0 N–H and O–H groups in total. The number of piperazine rings is 1. The maximum absolute atomic E-state index is 11.5. The van der Waals surface area contributed by atoms with Crippen LogP contribution in [-0.2, 0) is 4.79 Å². The van der Waals surface area contributed by atoms with E-state index in [0.717, 1.165) is 13.1 Å². The summed E-state index contributed by atoms with van der Waals surface area (Å²) in [5.74, 6) is 0.259. The Labute approximate surface area is 86.1 Å².